The molecule has 2 N–H and O–H groups in total. The van der Waals surface area contributed by atoms with Crippen LogP contribution in [0.2, 0.25) is 0 Å². The number of carbonyl (C=O) groups is 2. The van der Waals surface area contributed by atoms with Crippen LogP contribution in [0.1, 0.15) is 33.6 Å². The normalized spacial score (nSPS) is 17.0. The largest absolute Gasteiger partial charge is 0.444 e. The number of rotatable bonds is 6. The van der Waals surface area contributed by atoms with Crippen molar-refractivity contribution in [3.05, 3.63) is 0 Å². The minimum Gasteiger partial charge on any atom is -0.444 e. The van der Waals surface area contributed by atoms with E-state index in [9.17, 15) is 9.59 Å². The second-order valence-corrected chi connectivity index (χ2v) is 7.22. The average Bonchev–Trinajstić information content (AvgIpc) is 2.44. The summed E-state index contributed by atoms with van der Waals surface area (Å²) in [5.74, 6) is -0.0175. The maximum Gasteiger partial charge on any atom is 0.408 e. The van der Waals surface area contributed by atoms with E-state index in [0.717, 1.165) is 26.1 Å². The van der Waals surface area contributed by atoms with Crippen LogP contribution < -0.4 is 10.6 Å². The number of nitrogens with zero attached hydrogens (tertiary/aromatic N) is 2. The van der Waals surface area contributed by atoms with Crippen molar-refractivity contribution in [1.29, 1.82) is 0 Å². The molecular formula is C16H32N4O3. The first-order valence-corrected chi connectivity index (χ1v) is 8.33. The van der Waals surface area contributed by atoms with E-state index < -0.39 is 17.7 Å². The van der Waals surface area contributed by atoms with Crippen molar-refractivity contribution in [3.8, 4) is 0 Å². The molecule has 0 aromatic carbocycles. The quantitative estimate of drug-likeness (QED) is 0.749. The smallest absolute Gasteiger partial charge is 0.408 e. The van der Waals surface area contributed by atoms with Crippen molar-refractivity contribution < 1.29 is 14.3 Å². The van der Waals surface area contributed by atoms with Gasteiger partial charge in [-0.1, -0.05) is 0 Å². The molecule has 23 heavy (non-hydrogen) atoms. The van der Waals surface area contributed by atoms with Gasteiger partial charge in [-0.05, 0) is 54.3 Å². The van der Waals surface area contributed by atoms with E-state index in [1.165, 1.54) is 0 Å². The van der Waals surface area contributed by atoms with E-state index in [-0.39, 0.29) is 5.91 Å². The highest BCUT2D eigenvalue weighted by atomic mass is 16.6. The van der Waals surface area contributed by atoms with Crippen molar-refractivity contribution in [2.24, 2.45) is 0 Å². The Kier molecular flexibility index (Phi) is 7.78. The summed E-state index contributed by atoms with van der Waals surface area (Å²) in [4.78, 5) is 28.6. The number of piperazine rings is 1. The van der Waals surface area contributed by atoms with Gasteiger partial charge in [0.15, 0.2) is 0 Å². The molecular weight excluding hydrogens is 296 g/mol. The maximum atomic E-state index is 12.7. The molecule has 1 unspecified atom stereocenters. The molecule has 0 aromatic rings. The number of hydrogen-bond acceptors (Lipinski definition) is 5. The summed E-state index contributed by atoms with van der Waals surface area (Å²) in [6.07, 6.45) is 0.918. The molecule has 1 rings (SSSR count). The monoisotopic (exact) mass is 328 g/mol. The van der Waals surface area contributed by atoms with Crippen LogP contribution in [-0.4, -0.2) is 80.3 Å². The van der Waals surface area contributed by atoms with Gasteiger partial charge < -0.3 is 25.2 Å². The SMILES string of the molecule is CN(C)CCCC(NC(=O)OC(C)(C)C)C(=O)N1CCNCC1. The highest BCUT2D eigenvalue weighted by Gasteiger charge is 2.28. The Hall–Kier alpha value is -1.34. The number of ether oxygens (including phenoxy) is 1. The van der Waals surface area contributed by atoms with Crippen LogP contribution in [0.4, 0.5) is 4.79 Å². The zero-order valence-corrected chi connectivity index (χ0v) is 15.1. The van der Waals surface area contributed by atoms with E-state index in [2.05, 4.69) is 15.5 Å². The lowest BCUT2D eigenvalue weighted by molar-refractivity contribution is -0.134. The Morgan fingerprint density at radius 2 is 1.87 bits per heavy atom. The van der Waals surface area contributed by atoms with Gasteiger partial charge in [0.1, 0.15) is 11.6 Å². The average molecular weight is 328 g/mol. The van der Waals surface area contributed by atoms with Gasteiger partial charge in [-0.25, -0.2) is 4.79 Å². The highest BCUT2D eigenvalue weighted by Crippen LogP contribution is 2.09. The van der Waals surface area contributed by atoms with E-state index in [0.29, 0.717) is 19.5 Å². The number of alkyl carbamates (subject to hydrolysis) is 1. The van der Waals surface area contributed by atoms with Crippen molar-refractivity contribution in [3.63, 3.8) is 0 Å². The molecule has 7 nitrogen and oxygen atoms in total. The molecule has 2 amide bonds. The zero-order chi connectivity index (χ0) is 17.5. The van der Waals surface area contributed by atoms with Gasteiger partial charge in [0.2, 0.25) is 5.91 Å². The predicted molar refractivity (Wildman–Crippen MR) is 90.4 cm³/mol. The predicted octanol–water partition coefficient (Wildman–Crippen LogP) is 0.653. The van der Waals surface area contributed by atoms with E-state index in [1.807, 2.05) is 39.8 Å². The molecule has 0 saturated carbocycles. The highest BCUT2D eigenvalue weighted by molar-refractivity contribution is 5.85. The first kappa shape index (κ1) is 19.7. The Balaban J connectivity index is 2.63. The molecule has 0 spiro atoms. The molecule has 0 aliphatic carbocycles. The molecule has 1 atom stereocenters. The Morgan fingerprint density at radius 3 is 2.39 bits per heavy atom. The fourth-order valence-corrected chi connectivity index (χ4v) is 2.42. The van der Waals surface area contributed by atoms with E-state index in [1.54, 1.807) is 0 Å². The number of amides is 2. The van der Waals surface area contributed by atoms with Crippen LogP contribution >= 0.6 is 0 Å². The molecule has 0 aromatic heterocycles. The molecule has 1 aliphatic rings. The third-order valence-corrected chi connectivity index (χ3v) is 3.52. The lowest BCUT2D eigenvalue weighted by atomic mass is 10.1. The van der Waals surface area contributed by atoms with Crippen molar-refractivity contribution in [1.82, 2.24) is 20.4 Å². The van der Waals surface area contributed by atoms with Crippen molar-refractivity contribution >= 4 is 12.0 Å². The zero-order valence-electron chi connectivity index (χ0n) is 15.1. The van der Waals surface area contributed by atoms with Crippen molar-refractivity contribution in [2.75, 3.05) is 46.8 Å². The van der Waals surface area contributed by atoms with Gasteiger partial charge in [0.25, 0.3) is 0 Å². The van der Waals surface area contributed by atoms with Crippen LogP contribution in [0.5, 0.6) is 0 Å². The summed E-state index contributed by atoms with van der Waals surface area (Å²) < 4.78 is 5.29. The molecule has 1 aliphatic heterocycles. The number of carbonyl (C=O) groups excluding carboxylic acids is 2. The third-order valence-electron chi connectivity index (χ3n) is 3.52. The van der Waals surface area contributed by atoms with Gasteiger partial charge >= 0.3 is 6.09 Å². The van der Waals surface area contributed by atoms with Crippen LogP contribution in [0.25, 0.3) is 0 Å². The molecule has 0 bridgehead atoms. The van der Waals surface area contributed by atoms with Crippen molar-refractivity contribution in [2.45, 2.75) is 45.3 Å². The van der Waals surface area contributed by atoms with Gasteiger partial charge in [0, 0.05) is 26.2 Å². The summed E-state index contributed by atoms with van der Waals surface area (Å²) >= 11 is 0. The van der Waals surface area contributed by atoms with E-state index in [4.69, 9.17) is 4.74 Å². The maximum absolute atomic E-state index is 12.7. The first-order valence-electron chi connectivity index (χ1n) is 8.33. The molecule has 134 valence electrons. The van der Waals surface area contributed by atoms with Crippen LogP contribution in [-0.2, 0) is 9.53 Å². The minimum absolute atomic E-state index is 0.0175. The van der Waals surface area contributed by atoms with Gasteiger partial charge in [0.05, 0.1) is 0 Å². The first-order chi connectivity index (χ1) is 10.7. The second-order valence-electron chi connectivity index (χ2n) is 7.22. The van der Waals surface area contributed by atoms with Gasteiger partial charge in [-0.3, -0.25) is 4.79 Å². The van der Waals surface area contributed by atoms with Gasteiger partial charge in [-0.2, -0.15) is 0 Å². The van der Waals surface area contributed by atoms with Crippen LogP contribution in [0.3, 0.4) is 0 Å². The summed E-state index contributed by atoms with van der Waals surface area (Å²) in [7, 11) is 3.99. The standard InChI is InChI=1S/C16H32N4O3/c1-16(2,3)23-15(22)18-13(7-6-10-19(4)5)14(21)20-11-8-17-9-12-20/h13,17H,6-12H2,1-5H3,(H,18,22). The summed E-state index contributed by atoms with van der Waals surface area (Å²) in [6, 6.07) is -0.525. The molecule has 0 radical (unpaired) electrons. The minimum atomic E-state index is -0.573. The Morgan fingerprint density at radius 1 is 1.26 bits per heavy atom. The summed E-state index contributed by atoms with van der Waals surface area (Å²) in [5, 5.41) is 5.98. The number of hydrogen-bond donors (Lipinski definition) is 2. The topological polar surface area (TPSA) is 73.9 Å². The second kappa shape index (κ2) is 9.08. The van der Waals surface area contributed by atoms with E-state index >= 15 is 0 Å². The molecule has 1 saturated heterocycles. The third kappa shape index (κ3) is 8.18. The van der Waals surface area contributed by atoms with Crippen LogP contribution in [0, 0.1) is 0 Å². The fraction of sp³-hybridized carbons (Fsp3) is 0.875. The van der Waals surface area contributed by atoms with Crippen LogP contribution in [0.15, 0.2) is 0 Å². The Labute approximate surface area is 139 Å². The lowest BCUT2D eigenvalue weighted by Crippen LogP contribution is -2.54. The van der Waals surface area contributed by atoms with Gasteiger partial charge in [-0.15, -0.1) is 0 Å². The molecule has 1 heterocycles. The molecule has 1 fully saturated rings. The molecule has 7 heteroatoms. The fourth-order valence-electron chi connectivity index (χ4n) is 2.42. The summed E-state index contributed by atoms with van der Waals surface area (Å²) in [5.41, 5.74) is -0.573. The Bertz CT molecular complexity index is 387. The summed E-state index contributed by atoms with van der Waals surface area (Å²) in [6.45, 7) is 9.26. The lowest BCUT2D eigenvalue weighted by Gasteiger charge is -2.31. The number of nitrogens with one attached hydrogen (secondary N) is 2.